The number of fused-ring (bicyclic) bond motifs is 1. The van der Waals surface area contributed by atoms with Gasteiger partial charge in [0.1, 0.15) is 19.3 Å². The molecule has 0 aliphatic carbocycles. The van der Waals surface area contributed by atoms with Gasteiger partial charge in [-0.25, -0.2) is 8.42 Å². The van der Waals surface area contributed by atoms with Crippen LogP contribution in [0, 0.1) is 0 Å². The molecule has 2 aliphatic heterocycles. The second-order valence-corrected chi connectivity index (χ2v) is 8.78. The number of nitrogens with one attached hydrogen (secondary N) is 2. The van der Waals surface area contributed by atoms with E-state index in [4.69, 9.17) is 9.47 Å². The maximum absolute atomic E-state index is 13.2. The maximum atomic E-state index is 13.2. The Morgan fingerprint density at radius 3 is 2.47 bits per heavy atom. The number of hydrogen-bond donors (Lipinski definition) is 2. The highest BCUT2D eigenvalue weighted by Gasteiger charge is 2.40. The Hall–Kier alpha value is -3.11. The van der Waals surface area contributed by atoms with Gasteiger partial charge in [-0.05, 0) is 37.1 Å². The molecule has 4 rings (SSSR count). The zero-order chi connectivity index (χ0) is 21.1. The minimum absolute atomic E-state index is 0.0276. The number of ether oxygens (including phenoxy) is 2. The lowest BCUT2D eigenvalue weighted by molar-refractivity contribution is -0.125. The Morgan fingerprint density at radius 2 is 1.70 bits per heavy atom. The highest BCUT2D eigenvalue weighted by atomic mass is 32.2. The average molecular weight is 431 g/mol. The number of amides is 2. The first-order valence-electron chi connectivity index (χ1n) is 9.53. The Kier molecular flexibility index (Phi) is 5.60. The smallest absolute Gasteiger partial charge is 0.269 e. The molecule has 2 aliphatic rings. The van der Waals surface area contributed by atoms with Crippen molar-refractivity contribution in [2.24, 2.45) is 0 Å². The molecule has 1 saturated heterocycles. The lowest BCUT2D eigenvalue weighted by Gasteiger charge is -2.24. The molecule has 158 valence electrons. The van der Waals surface area contributed by atoms with Crippen LogP contribution in [-0.2, 0) is 14.8 Å². The molecule has 0 radical (unpaired) electrons. The third-order valence-electron chi connectivity index (χ3n) is 4.96. The van der Waals surface area contributed by atoms with Crippen molar-refractivity contribution in [2.45, 2.75) is 23.8 Å². The van der Waals surface area contributed by atoms with Crippen molar-refractivity contribution in [2.75, 3.05) is 19.8 Å². The summed E-state index contributed by atoms with van der Waals surface area (Å²) in [6.45, 7) is 0.954. The molecule has 2 aromatic carbocycles. The van der Waals surface area contributed by atoms with Gasteiger partial charge >= 0.3 is 0 Å². The number of sulfonamides is 1. The molecule has 0 unspecified atom stereocenters. The molecule has 9 nitrogen and oxygen atoms in total. The fraction of sp³-hybridized carbons (Fsp3) is 0.300. The minimum atomic E-state index is -3.93. The summed E-state index contributed by atoms with van der Waals surface area (Å²) in [5.74, 6) is -0.224. The van der Waals surface area contributed by atoms with Crippen LogP contribution in [-0.4, -0.2) is 50.3 Å². The predicted molar refractivity (Wildman–Crippen MR) is 106 cm³/mol. The maximum Gasteiger partial charge on any atom is 0.269 e. The Bertz CT molecular complexity index is 1060. The Balaban J connectivity index is 1.47. The molecule has 0 bridgehead atoms. The summed E-state index contributed by atoms with van der Waals surface area (Å²) in [4.78, 5) is 24.8. The van der Waals surface area contributed by atoms with Gasteiger partial charge in [0.05, 0.1) is 4.90 Å². The van der Waals surface area contributed by atoms with E-state index in [1.54, 1.807) is 36.4 Å². The molecule has 10 heteroatoms. The van der Waals surface area contributed by atoms with Crippen LogP contribution in [0.1, 0.15) is 23.2 Å². The molecular formula is C20H21N3O6S. The lowest BCUT2D eigenvalue weighted by Crippen LogP contribution is -2.51. The van der Waals surface area contributed by atoms with E-state index in [2.05, 4.69) is 10.9 Å². The van der Waals surface area contributed by atoms with Gasteiger partial charge in [0.2, 0.25) is 10.0 Å². The van der Waals surface area contributed by atoms with Crippen LogP contribution in [0.5, 0.6) is 11.5 Å². The summed E-state index contributed by atoms with van der Waals surface area (Å²) in [5.41, 5.74) is 5.05. The molecule has 1 fully saturated rings. The van der Waals surface area contributed by atoms with Gasteiger partial charge in [0.15, 0.2) is 11.5 Å². The van der Waals surface area contributed by atoms with Crippen LogP contribution >= 0.6 is 0 Å². The largest absolute Gasteiger partial charge is 0.486 e. The average Bonchev–Trinajstić information content (AvgIpc) is 3.28. The molecule has 30 heavy (non-hydrogen) atoms. The number of benzene rings is 2. The summed E-state index contributed by atoms with van der Waals surface area (Å²) in [6, 6.07) is 11.9. The topological polar surface area (TPSA) is 114 Å². The molecule has 2 amide bonds. The zero-order valence-corrected chi connectivity index (χ0v) is 16.9. The van der Waals surface area contributed by atoms with Gasteiger partial charge in [-0.1, -0.05) is 18.2 Å². The van der Waals surface area contributed by atoms with E-state index in [1.807, 2.05) is 0 Å². The summed E-state index contributed by atoms with van der Waals surface area (Å²) in [7, 11) is -3.93. The van der Waals surface area contributed by atoms with Crippen molar-refractivity contribution in [3.8, 4) is 11.5 Å². The predicted octanol–water partition coefficient (Wildman–Crippen LogP) is 1.07. The van der Waals surface area contributed by atoms with Crippen molar-refractivity contribution in [1.82, 2.24) is 15.2 Å². The Morgan fingerprint density at radius 1 is 0.967 bits per heavy atom. The van der Waals surface area contributed by atoms with Gasteiger partial charge in [0, 0.05) is 18.2 Å². The van der Waals surface area contributed by atoms with Crippen LogP contribution in [0.15, 0.2) is 53.4 Å². The van der Waals surface area contributed by atoms with E-state index in [0.717, 1.165) is 4.31 Å². The fourth-order valence-electron chi connectivity index (χ4n) is 3.47. The van der Waals surface area contributed by atoms with E-state index < -0.39 is 27.9 Å². The number of nitrogens with zero attached hydrogens (tertiary/aromatic N) is 1. The Labute approximate surface area is 174 Å². The highest BCUT2D eigenvalue weighted by molar-refractivity contribution is 7.89. The van der Waals surface area contributed by atoms with Gasteiger partial charge in [-0.3, -0.25) is 20.4 Å². The van der Waals surface area contributed by atoms with Gasteiger partial charge in [-0.15, -0.1) is 0 Å². The standard InChI is InChI=1S/C20H21N3O6S/c24-19(14-5-2-1-3-6-14)21-22-20(25)16-7-4-10-23(16)30(26,27)15-8-9-17-18(13-15)29-12-11-28-17/h1-3,5-6,8-9,13,16H,4,7,10-12H2,(H,21,24)(H,22,25)/t16-/m1/s1. The molecule has 1 atom stereocenters. The summed E-state index contributed by atoms with van der Waals surface area (Å²) in [6.07, 6.45) is 0.894. The first kappa shape index (κ1) is 20.2. The van der Waals surface area contributed by atoms with Crippen LogP contribution in [0.2, 0.25) is 0 Å². The minimum Gasteiger partial charge on any atom is -0.486 e. The summed E-state index contributed by atoms with van der Waals surface area (Å²) in [5, 5.41) is 0. The van der Waals surface area contributed by atoms with E-state index in [1.165, 1.54) is 12.1 Å². The van der Waals surface area contributed by atoms with Gasteiger partial charge in [-0.2, -0.15) is 4.31 Å². The number of hydrogen-bond acceptors (Lipinski definition) is 6. The van der Waals surface area contributed by atoms with E-state index >= 15 is 0 Å². The number of carbonyl (C=O) groups is 2. The van der Waals surface area contributed by atoms with Crippen molar-refractivity contribution in [3.63, 3.8) is 0 Å². The highest BCUT2D eigenvalue weighted by Crippen LogP contribution is 2.34. The normalized spacial score (nSPS) is 18.6. The summed E-state index contributed by atoms with van der Waals surface area (Å²) >= 11 is 0. The van der Waals surface area contributed by atoms with Crippen molar-refractivity contribution in [3.05, 3.63) is 54.1 Å². The molecule has 0 spiro atoms. The number of rotatable bonds is 4. The first-order chi connectivity index (χ1) is 14.5. The molecule has 0 saturated carbocycles. The first-order valence-corrected chi connectivity index (χ1v) is 11.0. The quantitative estimate of drug-likeness (QED) is 0.700. The molecular weight excluding hydrogens is 410 g/mol. The summed E-state index contributed by atoms with van der Waals surface area (Å²) < 4.78 is 38.4. The van der Waals surface area contributed by atoms with Crippen LogP contribution in [0.4, 0.5) is 0 Å². The van der Waals surface area contributed by atoms with Crippen molar-refractivity contribution < 1.29 is 27.5 Å². The van der Waals surface area contributed by atoms with Crippen LogP contribution in [0.25, 0.3) is 0 Å². The third kappa shape index (κ3) is 3.96. The second kappa shape index (κ2) is 8.33. The SMILES string of the molecule is O=C(NNC(=O)[C@H]1CCCN1S(=O)(=O)c1ccc2c(c1)OCCO2)c1ccccc1. The van der Waals surface area contributed by atoms with Crippen molar-refractivity contribution >= 4 is 21.8 Å². The molecule has 2 aromatic rings. The molecule has 0 aromatic heterocycles. The van der Waals surface area contributed by atoms with Crippen LogP contribution in [0.3, 0.4) is 0 Å². The third-order valence-corrected chi connectivity index (χ3v) is 6.87. The molecule has 2 heterocycles. The van der Waals surface area contributed by atoms with E-state index in [-0.39, 0.29) is 11.4 Å². The molecule has 2 N–H and O–H groups in total. The van der Waals surface area contributed by atoms with E-state index in [0.29, 0.717) is 43.1 Å². The lowest BCUT2D eigenvalue weighted by atomic mass is 10.2. The van der Waals surface area contributed by atoms with Gasteiger partial charge in [0.25, 0.3) is 11.8 Å². The second-order valence-electron chi connectivity index (χ2n) is 6.89. The number of carbonyl (C=O) groups excluding carboxylic acids is 2. The van der Waals surface area contributed by atoms with Crippen LogP contribution < -0.4 is 20.3 Å². The number of hydrazine groups is 1. The van der Waals surface area contributed by atoms with Gasteiger partial charge < -0.3 is 9.47 Å². The van der Waals surface area contributed by atoms with Crippen molar-refractivity contribution in [1.29, 1.82) is 0 Å². The van der Waals surface area contributed by atoms with E-state index in [9.17, 15) is 18.0 Å². The zero-order valence-electron chi connectivity index (χ0n) is 16.0. The fourth-order valence-corrected chi connectivity index (χ4v) is 5.15. The monoisotopic (exact) mass is 431 g/mol.